The zero-order valence-corrected chi connectivity index (χ0v) is 23.2. The van der Waals surface area contributed by atoms with Crippen LogP contribution in [0.4, 0.5) is 0 Å². The quantitative estimate of drug-likeness (QED) is 0.219. The van der Waals surface area contributed by atoms with E-state index in [1.807, 2.05) is 0 Å². The number of hydrogen-bond donors (Lipinski definition) is 6. The molecule has 3 aromatic rings. The summed E-state index contributed by atoms with van der Waals surface area (Å²) < 4.78 is 6.10. The highest BCUT2D eigenvalue weighted by atomic mass is 35.5. The Hall–Kier alpha value is -2.57. The number of carbonyl (C=O) groups is 1. The third-order valence-corrected chi connectivity index (χ3v) is 8.25. The van der Waals surface area contributed by atoms with E-state index in [1.165, 1.54) is 29.2 Å². The molecule has 0 bridgehead atoms. The molecule has 0 spiro atoms. The van der Waals surface area contributed by atoms with E-state index >= 15 is 0 Å². The minimum absolute atomic E-state index is 0.100. The van der Waals surface area contributed by atoms with Gasteiger partial charge in [-0.05, 0) is 68.1 Å². The molecule has 9 nitrogen and oxygen atoms in total. The van der Waals surface area contributed by atoms with Crippen molar-refractivity contribution in [1.29, 1.82) is 0 Å². The van der Waals surface area contributed by atoms with Crippen molar-refractivity contribution in [1.82, 2.24) is 4.90 Å². The van der Waals surface area contributed by atoms with Crippen molar-refractivity contribution < 1.29 is 40.2 Å². The molecule has 1 aliphatic heterocycles. The first-order chi connectivity index (χ1) is 18.5. The minimum atomic E-state index is -3.51. The molecular formula is C29H29Cl2NO8. The van der Waals surface area contributed by atoms with E-state index in [9.17, 15) is 35.4 Å². The highest BCUT2D eigenvalue weighted by molar-refractivity contribution is 6.30. The van der Waals surface area contributed by atoms with Crippen LogP contribution in [0.2, 0.25) is 10.0 Å². The van der Waals surface area contributed by atoms with Gasteiger partial charge in [0.15, 0.2) is 0 Å². The first-order valence-electron chi connectivity index (χ1n) is 12.5. The zero-order chi connectivity index (χ0) is 29.3. The molecule has 1 saturated carbocycles. The van der Waals surface area contributed by atoms with Crippen molar-refractivity contribution in [3.05, 3.63) is 105 Å². The summed E-state index contributed by atoms with van der Waals surface area (Å²) in [5.41, 5.74) is -4.02. The second kappa shape index (κ2) is 9.49. The summed E-state index contributed by atoms with van der Waals surface area (Å²) in [5, 5.41) is 64.4. The summed E-state index contributed by atoms with van der Waals surface area (Å²) in [4.78, 5) is 15.4. The number of halogens is 2. The van der Waals surface area contributed by atoms with Crippen LogP contribution in [0.3, 0.4) is 0 Å². The van der Waals surface area contributed by atoms with Gasteiger partial charge in [-0.2, -0.15) is 0 Å². The maximum Gasteiger partial charge on any atom is 0.294 e. The van der Waals surface area contributed by atoms with E-state index in [2.05, 4.69) is 0 Å². The standard InChI is InChI=1S/C29H29Cl2NO8/c1-25(2,34)19-7-12-23-22(15-19)24(33)32(16-17-3-8-20(30)9-4-17)27(23,18-5-10-21(31)11-6-18)40-29(38,39)26(13-14-26)28(35,36)37/h3-12,15,34-39H,13-14,16H2,1-2H3/t27-/m1/s1. The van der Waals surface area contributed by atoms with Crippen LogP contribution in [-0.2, 0) is 22.6 Å². The largest absolute Gasteiger partial charge is 0.386 e. The zero-order valence-electron chi connectivity index (χ0n) is 21.7. The van der Waals surface area contributed by atoms with Gasteiger partial charge in [0.2, 0.25) is 5.72 Å². The third-order valence-electron chi connectivity index (χ3n) is 7.74. The second-order valence-electron chi connectivity index (χ2n) is 10.9. The number of hydrogen-bond acceptors (Lipinski definition) is 8. The lowest BCUT2D eigenvalue weighted by Gasteiger charge is -2.46. The molecule has 1 fully saturated rings. The molecule has 0 radical (unpaired) electrons. The summed E-state index contributed by atoms with van der Waals surface area (Å²) in [6.07, 6.45) is -0.397. The predicted molar refractivity (Wildman–Crippen MR) is 145 cm³/mol. The highest BCUT2D eigenvalue weighted by Gasteiger charge is 2.74. The minimum Gasteiger partial charge on any atom is -0.386 e. The van der Waals surface area contributed by atoms with E-state index < -0.39 is 34.6 Å². The smallest absolute Gasteiger partial charge is 0.294 e. The number of ether oxygens (including phenoxy) is 1. The average Bonchev–Trinajstić information content (AvgIpc) is 3.67. The van der Waals surface area contributed by atoms with Crippen LogP contribution in [-0.4, -0.2) is 53.4 Å². The van der Waals surface area contributed by atoms with Gasteiger partial charge in [0.05, 0.1) is 5.60 Å². The van der Waals surface area contributed by atoms with Gasteiger partial charge in [-0.25, -0.2) is 0 Å². The normalized spacial score (nSPS) is 20.6. The van der Waals surface area contributed by atoms with E-state index in [0.717, 1.165) is 0 Å². The lowest BCUT2D eigenvalue weighted by molar-refractivity contribution is -0.484. The number of fused-ring (bicyclic) bond motifs is 1. The van der Waals surface area contributed by atoms with Crippen LogP contribution >= 0.6 is 23.2 Å². The summed E-state index contributed by atoms with van der Waals surface area (Å²) in [6, 6.07) is 17.5. The fraction of sp³-hybridized carbons (Fsp3) is 0.345. The first-order valence-corrected chi connectivity index (χ1v) is 13.3. The predicted octanol–water partition coefficient (Wildman–Crippen LogP) is 3.14. The van der Waals surface area contributed by atoms with Gasteiger partial charge in [0.25, 0.3) is 17.9 Å². The Morgan fingerprint density at radius 2 is 1.40 bits per heavy atom. The maximum absolute atomic E-state index is 14.2. The SMILES string of the molecule is CC(C)(O)c1ccc2c(c1)C(=O)N(Cc1ccc(Cl)cc1)[C@@]2(OC(O)(O)C1(C(O)(O)O)CC1)c1ccc(Cl)cc1. The monoisotopic (exact) mass is 589 g/mol. The number of benzene rings is 3. The molecule has 1 aliphatic carbocycles. The average molecular weight is 590 g/mol. The Morgan fingerprint density at radius 3 is 1.90 bits per heavy atom. The lowest BCUT2D eigenvalue weighted by Crippen LogP contribution is -2.61. The van der Waals surface area contributed by atoms with E-state index in [1.54, 1.807) is 56.3 Å². The molecule has 0 aromatic heterocycles. The number of carbonyl (C=O) groups excluding carboxylic acids is 1. The Labute approximate surface area is 240 Å². The first kappa shape index (κ1) is 28.9. The van der Waals surface area contributed by atoms with E-state index in [-0.39, 0.29) is 36.1 Å². The van der Waals surface area contributed by atoms with Crippen molar-refractivity contribution in [2.75, 3.05) is 0 Å². The Kier molecular flexibility index (Phi) is 6.86. The summed E-state index contributed by atoms with van der Waals surface area (Å²) >= 11 is 12.2. The molecule has 5 rings (SSSR count). The Balaban J connectivity index is 1.77. The molecule has 0 saturated heterocycles. The molecule has 2 aliphatic rings. The lowest BCUT2D eigenvalue weighted by atomic mass is 9.88. The van der Waals surface area contributed by atoms with Crippen LogP contribution in [0.5, 0.6) is 0 Å². The van der Waals surface area contributed by atoms with Gasteiger partial charge >= 0.3 is 0 Å². The van der Waals surface area contributed by atoms with Crippen molar-refractivity contribution in [2.45, 2.75) is 56.5 Å². The number of amides is 1. The number of aliphatic hydroxyl groups is 6. The van der Waals surface area contributed by atoms with Gasteiger partial charge in [0, 0.05) is 33.3 Å². The van der Waals surface area contributed by atoms with Crippen LogP contribution in [0, 0.1) is 5.41 Å². The summed E-state index contributed by atoms with van der Waals surface area (Å²) in [6.45, 7) is 3.03. The molecule has 6 N–H and O–H groups in total. The molecule has 0 unspecified atom stereocenters. The Morgan fingerprint density at radius 1 is 0.850 bits per heavy atom. The fourth-order valence-corrected chi connectivity index (χ4v) is 5.50. The summed E-state index contributed by atoms with van der Waals surface area (Å²) in [7, 11) is 0. The van der Waals surface area contributed by atoms with Crippen LogP contribution < -0.4 is 0 Å². The molecule has 11 heteroatoms. The van der Waals surface area contributed by atoms with Crippen LogP contribution in [0.1, 0.15) is 59.3 Å². The molecule has 40 heavy (non-hydrogen) atoms. The molecule has 1 heterocycles. The van der Waals surface area contributed by atoms with Gasteiger partial charge in [0.1, 0.15) is 5.41 Å². The summed E-state index contributed by atoms with van der Waals surface area (Å²) in [5.74, 6) is -7.41. The molecular weight excluding hydrogens is 561 g/mol. The van der Waals surface area contributed by atoms with E-state index in [4.69, 9.17) is 27.9 Å². The van der Waals surface area contributed by atoms with Crippen LogP contribution in [0.15, 0.2) is 66.7 Å². The van der Waals surface area contributed by atoms with Gasteiger partial charge in [-0.1, -0.05) is 59.6 Å². The molecule has 3 aromatic carbocycles. The van der Waals surface area contributed by atoms with Gasteiger partial charge in [-0.15, -0.1) is 0 Å². The van der Waals surface area contributed by atoms with Gasteiger partial charge < -0.3 is 30.6 Å². The van der Waals surface area contributed by atoms with Crippen molar-refractivity contribution in [3.63, 3.8) is 0 Å². The second-order valence-corrected chi connectivity index (χ2v) is 11.8. The topological polar surface area (TPSA) is 151 Å². The number of nitrogens with zero attached hydrogens (tertiary/aromatic N) is 1. The van der Waals surface area contributed by atoms with Crippen molar-refractivity contribution >= 4 is 29.1 Å². The van der Waals surface area contributed by atoms with Crippen molar-refractivity contribution in [2.24, 2.45) is 5.41 Å². The molecule has 1 atom stereocenters. The fourth-order valence-electron chi connectivity index (χ4n) is 5.25. The van der Waals surface area contributed by atoms with Gasteiger partial charge in [-0.3, -0.25) is 14.4 Å². The maximum atomic E-state index is 14.2. The number of rotatable bonds is 8. The highest BCUT2D eigenvalue weighted by Crippen LogP contribution is 2.62. The molecule has 1 amide bonds. The Bertz CT molecular complexity index is 1440. The van der Waals surface area contributed by atoms with E-state index in [0.29, 0.717) is 21.2 Å². The van der Waals surface area contributed by atoms with Crippen LogP contribution in [0.25, 0.3) is 0 Å². The third kappa shape index (κ3) is 4.61. The van der Waals surface area contributed by atoms with Crippen molar-refractivity contribution in [3.8, 4) is 0 Å². The molecule has 212 valence electrons.